The molecule has 0 radical (unpaired) electrons. The van der Waals surface area contributed by atoms with Crippen molar-refractivity contribution >= 4 is 11.8 Å². The van der Waals surface area contributed by atoms with Gasteiger partial charge in [-0.1, -0.05) is 57.7 Å². The van der Waals surface area contributed by atoms with E-state index in [1.807, 2.05) is 49.4 Å². The van der Waals surface area contributed by atoms with E-state index in [9.17, 15) is 14.7 Å². The van der Waals surface area contributed by atoms with Crippen LogP contribution in [-0.4, -0.2) is 48.8 Å². The highest BCUT2D eigenvalue weighted by atomic mass is 16.7. The standard InChI is InChI=1S/C30H39NO6/c1-4-6-7-8-9-10-23(32)18-31-19-25(21-11-16-26-27(17-21)37-20-36-26)28(29(33)34)30(31,5-2)22-12-14-24(35-3)15-13-22/h11-17,25,28H,4-10,18-20H2,1-3H3,(H,33,34). The molecule has 3 unspecified atom stereocenters. The molecule has 0 spiro atoms. The van der Waals surface area contributed by atoms with Crippen molar-refractivity contribution in [2.45, 2.75) is 70.3 Å². The minimum Gasteiger partial charge on any atom is -0.497 e. The molecule has 7 nitrogen and oxygen atoms in total. The highest BCUT2D eigenvalue weighted by molar-refractivity contribution is 5.81. The molecular weight excluding hydrogens is 470 g/mol. The molecule has 2 aromatic rings. The number of unbranched alkanes of at least 4 members (excludes halogenated alkanes) is 4. The number of carboxylic acid groups (broad SMARTS) is 1. The summed E-state index contributed by atoms with van der Waals surface area (Å²) in [5, 5.41) is 10.7. The van der Waals surface area contributed by atoms with Crippen LogP contribution in [0.3, 0.4) is 0 Å². The minimum absolute atomic E-state index is 0.162. The molecule has 0 amide bonds. The van der Waals surface area contributed by atoms with Crippen molar-refractivity contribution in [3.8, 4) is 17.2 Å². The summed E-state index contributed by atoms with van der Waals surface area (Å²) in [6, 6.07) is 13.3. The minimum atomic E-state index is -0.866. The van der Waals surface area contributed by atoms with Crippen LogP contribution in [0.2, 0.25) is 0 Å². The van der Waals surface area contributed by atoms with E-state index >= 15 is 0 Å². The summed E-state index contributed by atoms with van der Waals surface area (Å²) in [6.45, 7) is 5.06. The third-order valence-electron chi connectivity index (χ3n) is 8.04. The zero-order valence-electron chi connectivity index (χ0n) is 22.2. The van der Waals surface area contributed by atoms with Gasteiger partial charge in [-0.05, 0) is 48.2 Å². The number of fused-ring (bicyclic) bond motifs is 1. The number of carbonyl (C=O) groups is 2. The fourth-order valence-corrected chi connectivity index (χ4v) is 6.17. The Hall–Kier alpha value is -3.06. The lowest BCUT2D eigenvalue weighted by Crippen LogP contribution is -2.49. The lowest BCUT2D eigenvalue weighted by atomic mass is 9.71. The Bertz CT molecular complexity index is 1080. The molecule has 1 saturated heterocycles. The van der Waals surface area contributed by atoms with E-state index in [0.29, 0.717) is 36.6 Å². The number of methoxy groups -OCH3 is 1. The molecule has 0 bridgehead atoms. The van der Waals surface area contributed by atoms with E-state index in [2.05, 4.69) is 11.8 Å². The Morgan fingerprint density at radius 3 is 2.43 bits per heavy atom. The van der Waals surface area contributed by atoms with Gasteiger partial charge in [0.15, 0.2) is 11.5 Å². The third-order valence-corrected chi connectivity index (χ3v) is 8.04. The highest BCUT2D eigenvalue weighted by Crippen LogP contribution is 2.53. The molecule has 200 valence electrons. The molecule has 0 saturated carbocycles. The number of likely N-dealkylation sites (tertiary alicyclic amines) is 1. The number of hydrogen-bond donors (Lipinski definition) is 1. The summed E-state index contributed by atoms with van der Waals surface area (Å²) in [5.74, 6) is 0.250. The summed E-state index contributed by atoms with van der Waals surface area (Å²) in [4.78, 5) is 28.3. The van der Waals surface area contributed by atoms with Crippen LogP contribution in [0.25, 0.3) is 0 Å². The first kappa shape index (κ1) is 27.0. The van der Waals surface area contributed by atoms with Crippen molar-refractivity contribution in [1.82, 2.24) is 4.90 Å². The molecule has 37 heavy (non-hydrogen) atoms. The Morgan fingerprint density at radius 1 is 1.03 bits per heavy atom. The summed E-state index contributed by atoms with van der Waals surface area (Å²) >= 11 is 0. The fraction of sp³-hybridized carbons (Fsp3) is 0.533. The average Bonchev–Trinajstić information content (AvgIpc) is 3.51. The van der Waals surface area contributed by atoms with Crippen LogP contribution in [0.4, 0.5) is 0 Å². The fourth-order valence-electron chi connectivity index (χ4n) is 6.17. The van der Waals surface area contributed by atoms with Crippen LogP contribution in [0, 0.1) is 5.92 Å². The van der Waals surface area contributed by atoms with Gasteiger partial charge in [0.25, 0.3) is 0 Å². The predicted molar refractivity (Wildman–Crippen MR) is 141 cm³/mol. The number of carboxylic acids is 1. The van der Waals surface area contributed by atoms with E-state index in [1.54, 1.807) is 7.11 Å². The van der Waals surface area contributed by atoms with Crippen molar-refractivity contribution in [3.63, 3.8) is 0 Å². The smallest absolute Gasteiger partial charge is 0.309 e. The number of nitrogens with zero attached hydrogens (tertiary/aromatic N) is 1. The summed E-state index contributed by atoms with van der Waals surface area (Å²) in [7, 11) is 1.61. The van der Waals surface area contributed by atoms with E-state index in [1.165, 1.54) is 12.8 Å². The predicted octanol–water partition coefficient (Wildman–Crippen LogP) is 5.76. The molecule has 1 fully saturated rings. The van der Waals surface area contributed by atoms with Crippen LogP contribution in [0.15, 0.2) is 42.5 Å². The van der Waals surface area contributed by atoms with Crippen molar-refractivity contribution in [2.24, 2.45) is 5.92 Å². The van der Waals surface area contributed by atoms with Crippen molar-refractivity contribution in [1.29, 1.82) is 0 Å². The van der Waals surface area contributed by atoms with E-state index < -0.39 is 17.4 Å². The maximum atomic E-state index is 13.2. The zero-order valence-corrected chi connectivity index (χ0v) is 22.2. The number of rotatable bonds is 13. The lowest BCUT2D eigenvalue weighted by Gasteiger charge is -2.41. The molecule has 2 aliphatic heterocycles. The number of hydrogen-bond acceptors (Lipinski definition) is 6. The molecule has 2 aromatic carbocycles. The number of carbonyl (C=O) groups excluding carboxylic acids is 1. The number of aliphatic carboxylic acids is 1. The Morgan fingerprint density at radius 2 is 1.76 bits per heavy atom. The summed E-state index contributed by atoms with van der Waals surface area (Å²) < 4.78 is 16.4. The lowest BCUT2D eigenvalue weighted by molar-refractivity contribution is -0.146. The van der Waals surface area contributed by atoms with Gasteiger partial charge in [0.2, 0.25) is 6.79 Å². The van der Waals surface area contributed by atoms with Crippen LogP contribution in [-0.2, 0) is 15.1 Å². The van der Waals surface area contributed by atoms with Crippen LogP contribution in [0.5, 0.6) is 17.2 Å². The van der Waals surface area contributed by atoms with Gasteiger partial charge in [-0.3, -0.25) is 14.5 Å². The first-order chi connectivity index (χ1) is 17.9. The number of ketones is 1. The van der Waals surface area contributed by atoms with Gasteiger partial charge in [0, 0.05) is 18.9 Å². The quantitative estimate of drug-likeness (QED) is 0.344. The molecule has 7 heteroatoms. The normalized spacial score (nSPS) is 22.8. The van der Waals surface area contributed by atoms with Gasteiger partial charge >= 0.3 is 5.97 Å². The molecule has 2 heterocycles. The molecule has 3 atom stereocenters. The Labute approximate surface area is 219 Å². The molecule has 4 rings (SSSR count). The zero-order chi connectivity index (χ0) is 26.4. The highest BCUT2D eigenvalue weighted by Gasteiger charge is 2.57. The number of Topliss-reactive ketones (excluding diaryl/α,β-unsaturated/α-hetero) is 1. The monoisotopic (exact) mass is 509 g/mol. The van der Waals surface area contributed by atoms with Crippen molar-refractivity contribution in [3.05, 3.63) is 53.6 Å². The SMILES string of the molecule is CCCCCCCC(=O)CN1CC(c2ccc3c(c2)OCO3)C(C(=O)O)C1(CC)c1ccc(OC)cc1. The van der Waals surface area contributed by atoms with E-state index in [-0.39, 0.29) is 25.0 Å². The van der Waals surface area contributed by atoms with Gasteiger partial charge in [-0.25, -0.2) is 0 Å². The van der Waals surface area contributed by atoms with Gasteiger partial charge in [-0.15, -0.1) is 0 Å². The Balaban J connectivity index is 1.69. The molecule has 0 aromatic heterocycles. The van der Waals surface area contributed by atoms with Crippen molar-refractivity contribution in [2.75, 3.05) is 27.0 Å². The average molecular weight is 510 g/mol. The van der Waals surface area contributed by atoms with Gasteiger partial charge < -0.3 is 19.3 Å². The maximum Gasteiger partial charge on any atom is 0.309 e. The topological polar surface area (TPSA) is 85.3 Å². The van der Waals surface area contributed by atoms with Gasteiger partial charge in [-0.2, -0.15) is 0 Å². The van der Waals surface area contributed by atoms with Crippen LogP contribution < -0.4 is 14.2 Å². The maximum absolute atomic E-state index is 13.2. The number of benzene rings is 2. The van der Waals surface area contributed by atoms with Crippen molar-refractivity contribution < 1.29 is 28.9 Å². The number of ether oxygens (including phenoxy) is 3. The van der Waals surface area contributed by atoms with E-state index in [0.717, 1.165) is 30.4 Å². The first-order valence-corrected chi connectivity index (χ1v) is 13.5. The second-order valence-electron chi connectivity index (χ2n) is 10.1. The molecular formula is C30H39NO6. The van der Waals surface area contributed by atoms with Gasteiger partial charge in [0.1, 0.15) is 11.5 Å². The second kappa shape index (κ2) is 12.0. The molecule has 1 N–H and O–H groups in total. The van der Waals surface area contributed by atoms with Crippen LogP contribution >= 0.6 is 0 Å². The summed E-state index contributed by atoms with van der Waals surface area (Å²) in [6.07, 6.45) is 6.51. The summed E-state index contributed by atoms with van der Waals surface area (Å²) in [5.41, 5.74) is 0.941. The Kier molecular flexibility index (Phi) is 8.75. The molecule has 0 aliphatic carbocycles. The molecule has 2 aliphatic rings. The van der Waals surface area contributed by atoms with Crippen LogP contribution in [0.1, 0.15) is 75.8 Å². The second-order valence-corrected chi connectivity index (χ2v) is 10.1. The van der Waals surface area contributed by atoms with E-state index in [4.69, 9.17) is 14.2 Å². The first-order valence-electron chi connectivity index (χ1n) is 13.5. The van der Waals surface area contributed by atoms with Gasteiger partial charge in [0.05, 0.1) is 25.1 Å². The largest absolute Gasteiger partial charge is 0.497 e. The third kappa shape index (κ3) is 5.47.